The molecule has 0 aliphatic heterocycles. The van der Waals surface area contributed by atoms with Crippen LogP contribution in [0, 0.1) is 6.92 Å². The van der Waals surface area contributed by atoms with Crippen LogP contribution in [0.15, 0.2) is 71.6 Å². The summed E-state index contributed by atoms with van der Waals surface area (Å²) in [5, 5.41) is 3.62. The van der Waals surface area contributed by atoms with Crippen molar-refractivity contribution >= 4 is 50.7 Å². The second-order valence-corrected chi connectivity index (χ2v) is 12.9. The van der Waals surface area contributed by atoms with E-state index in [0.29, 0.717) is 40.8 Å². The first-order chi connectivity index (χ1) is 20.4. The lowest BCUT2D eigenvalue weighted by atomic mass is 10.1. The minimum atomic E-state index is -4.23. The van der Waals surface area contributed by atoms with E-state index >= 15 is 0 Å². The van der Waals surface area contributed by atoms with Crippen LogP contribution in [0.4, 0.5) is 5.69 Å². The summed E-state index contributed by atoms with van der Waals surface area (Å²) in [7, 11) is -4.23. The maximum atomic E-state index is 14.3. The minimum absolute atomic E-state index is 0.00762. The van der Waals surface area contributed by atoms with Crippen LogP contribution < -0.4 is 14.4 Å². The summed E-state index contributed by atoms with van der Waals surface area (Å²) in [6.07, 6.45) is 1.01. The van der Waals surface area contributed by atoms with Crippen molar-refractivity contribution in [3.05, 3.63) is 87.9 Å². The molecule has 0 radical (unpaired) electrons. The molecule has 3 aromatic carbocycles. The Kier molecular flexibility index (Phi) is 12.3. The average molecular weight is 649 g/mol. The maximum absolute atomic E-state index is 14.3. The van der Waals surface area contributed by atoms with E-state index in [9.17, 15) is 18.0 Å². The summed E-state index contributed by atoms with van der Waals surface area (Å²) in [5.74, 6) is -0.585. The highest BCUT2D eigenvalue weighted by atomic mass is 35.5. The number of aryl methyl sites for hydroxylation is 1. The number of sulfonamides is 1. The monoisotopic (exact) mass is 647 g/mol. The van der Waals surface area contributed by atoms with Crippen LogP contribution >= 0.6 is 23.2 Å². The third-order valence-corrected chi connectivity index (χ3v) is 9.56. The number of halogens is 2. The summed E-state index contributed by atoms with van der Waals surface area (Å²) < 4.78 is 35.1. The third kappa shape index (κ3) is 8.65. The van der Waals surface area contributed by atoms with Gasteiger partial charge in [0.25, 0.3) is 10.0 Å². The number of hydrogen-bond acceptors (Lipinski definition) is 5. The van der Waals surface area contributed by atoms with E-state index in [4.69, 9.17) is 27.9 Å². The molecular weight excluding hydrogens is 609 g/mol. The lowest BCUT2D eigenvalue weighted by Gasteiger charge is -2.34. The molecule has 0 spiro atoms. The first-order valence-electron chi connectivity index (χ1n) is 14.3. The van der Waals surface area contributed by atoms with Gasteiger partial charge in [-0.15, -0.1) is 0 Å². The molecule has 0 fully saturated rings. The number of anilines is 1. The predicted octanol–water partition coefficient (Wildman–Crippen LogP) is 6.62. The Hall–Kier alpha value is -3.27. The third-order valence-electron chi connectivity index (χ3n) is 7.05. The zero-order valence-corrected chi connectivity index (χ0v) is 27.5. The van der Waals surface area contributed by atoms with Crippen molar-refractivity contribution in [2.45, 2.75) is 71.0 Å². The Balaban J connectivity index is 2.12. The number of ether oxygens (including phenoxy) is 1. The molecule has 3 aromatic rings. The predicted molar refractivity (Wildman–Crippen MR) is 172 cm³/mol. The van der Waals surface area contributed by atoms with Crippen molar-refractivity contribution in [2.24, 2.45) is 0 Å². The molecule has 0 saturated carbocycles. The Morgan fingerprint density at radius 1 is 0.930 bits per heavy atom. The van der Waals surface area contributed by atoms with Crippen LogP contribution in [0.2, 0.25) is 10.0 Å². The Labute approximate surface area is 265 Å². The Bertz CT molecular complexity index is 1520. The van der Waals surface area contributed by atoms with Crippen LogP contribution in [0.3, 0.4) is 0 Å². The van der Waals surface area contributed by atoms with E-state index < -0.39 is 28.5 Å². The van der Waals surface area contributed by atoms with Crippen LogP contribution in [0.5, 0.6) is 5.75 Å². The van der Waals surface area contributed by atoms with Crippen LogP contribution in [0.1, 0.15) is 51.7 Å². The van der Waals surface area contributed by atoms with Crippen molar-refractivity contribution in [3.63, 3.8) is 0 Å². The van der Waals surface area contributed by atoms with Gasteiger partial charge in [-0.3, -0.25) is 13.9 Å². The second-order valence-electron chi connectivity index (χ2n) is 10.2. The molecule has 43 heavy (non-hydrogen) atoms. The minimum Gasteiger partial charge on any atom is -0.492 e. The second kappa shape index (κ2) is 15.5. The van der Waals surface area contributed by atoms with E-state index in [1.165, 1.54) is 17.0 Å². The largest absolute Gasteiger partial charge is 0.492 e. The summed E-state index contributed by atoms with van der Waals surface area (Å²) >= 11 is 12.4. The first-order valence-corrected chi connectivity index (χ1v) is 16.5. The lowest BCUT2D eigenvalue weighted by Crippen LogP contribution is -2.53. The maximum Gasteiger partial charge on any atom is 0.264 e. The quantitative estimate of drug-likeness (QED) is 0.212. The molecule has 0 heterocycles. The zero-order valence-electron chi connectivity index (χ0n) is 25.1. The van der Waals surface area contributed by atoms with Gasteiger partial charge in [0.1, 0.15) is 18.3 Å². The SMILES string of the molecule is CCOc1ccccc1N(CC(=O)N(Cc1ccc(Cl)c(Cl)c1)[C@H](CC)C(=O)N[C@H](C)CC)S(=O)(=O)c1ccc(C)cc1. The fourth-order valence-corrected chi connectivity index (χ4v) is 6.23. The number of nitrogens with zero attached hydrogens (tertiary/aromatic N) is 2. The smallest absolute Gasteiger partial charge is 0.264 e. The van der Waals surface area contributed by atoms with E-state index in [2.05, 4.69) is 5.32 Å². The van der Waals surface area contributed by atoms with Crippen molar-refractivity contribution in [2.75, 3.05) is 17.5 Å². The highest BCUT2D eigenvalue weighted by molar-refractivity contribution is 7.92. The molecule has 0 aromatic heterocycles. The highest BCUT2D eigenvalue weighted by Crippen LogP contribution is 2.33. The molecule has 0 aliphatic rings. The van der Waals surface area contributed by atoms with Gasteiger partial charge in [0, 0.05) is 12.6 Å². The van der Waals surface area contributed by atoms with Gasteiger partial charge in [-0.1, -0.05) is 72.9 Å². The molecule has 0 saturated heterocycles. The molecule has 3 rings (SSSR count). The van der Waals surface area contributed by atoms with Crippen molar-refractivity contribution in [1.29, 1.82) is 0 Å². The van der Waals surface area contributed by atoms with Gasteiger partial charge in [-0.05, 0) is 75.6 Å². The van der Waals surface area contributed by atoms with Gasteiger partial charge in [-0.2, -0.15) is 0 Å². The number of benzene rings is 3. The van der Waals surface area contributed by atoms with Gasteiger partial charge < -0.3 is 15.0 Å². The molecule has 8 nitrogen and oxygen atoms in total. The van der Waals surface area contributed by atoms with E-state index in [0.717, 1.165) is 9.87 Å². The molecule has 232 valence electrons. The summed E-state index contributed by atoms with van der Waals surface area (Å²) in [4.78, 5) is 29.2. The molecule has 11 heteroatoms. The molecule has 2 atom stereocenters. The van der Waals surface area contributed by atoms with Crippen molar-refractivity contribution < 1.29 is 22.7 Å². The fraction of sp³-hybridized carbons (Fsp3) is 0.375. The van der Waals surface area contributed by atoms with Gasteiger partial charge in [-0.25, -0.2) is 8.42 Å². The number of carbonyl (C=O) groups is 2. The van der Waals surface area contributed by atoms with E-state index in [-0.39, 0.29) is 29.1 Å². The lowest BCUT2D eigenvalue weighted by molar-refractivity contribution is -0.140. The number of rotatable bonds is 14. The van der Waals surface area contributed by atoms with Gasteiger partial charge >= 0.3 is 0 Å². The fourth-order valence-electron chi connectivity index (χ4n) is 4.49. The molecule has 1 N–H and O–H groups in total. The topological polar surface area (TPSA) is 96.0 Å². The first kappa shape index (κ1) is 34.2. The number of para-hydroxylation sites is 2. The molecule has 0 aliphatic carbocycles. The average Bonchev–Trinajstić information content (AvgIpc) is 2.98. The van der Waals surface area contributed by atoms with Crippen molar-refractivity contribution in [3.8, 4) is 5.75 Å². The van der Waals surface area contributed by atoms with Crippen molar-refractivity contribution in [1.82, 2.24) is 10.2 Å². The summed E-state index contributed by atoms with van der Waals surface area (Å²) in [6.45, 7) is 9.02. The van der Waals surface area contributed by atoms with E-state index in [1.54, 1.807) is 68.4 Å². The molecule has 0 unspecified atom stereocenters. The van der Waals surface area contributed by atoms with Gasteiger partial charge in [0.2, 0.25) is 11.8 Å². The number of carbonyl (C=O) groups excluding carboxylic acids is 2. The van der Waals surface area contributed by atoms with Gasteiger partial charge in [0.05, 0.1) is 27.2 Å². The van der Waals surface area contributed by atoms with Crippen LogP contribution in [-0.4, -0.2) is 50.4 Å². The number of hydrogen-bond donors (Lipinski definition) is 1. The molecule has 0 bridgehead atoms. The summed E-state index contributed by atoms with van der Waals surface area (Å²) in [6, 6.07) is 17.1. The van der Waals surface area contributed by atoms with Gasteiger partial charge in [0.15, 0.2) is 0 Å². The normalized spacial score (nSPS) is 12.7. The molecule has 2 amide bonds. The van der Waals surface area contributed by atoms with Crippen LogP contribution in [-0.2, 0) is 26.2 Å². The molecular formula is C32H39Cl2N3O5S. The van der Waals surface area contributed by atoms with E-state index in [1.807, 2.05) is 20.8 Å². The highest BCUT2D eigenvalue weighted by Gasteiger charge is 2.35. The summed E-state index contributed by atoms with van der Waals surface area (Å²) in [5.41, 5.74) is 1.74. The Morgan fingerprint density at radius 3 is 2.21 bits per heavy atom. The Morgan fingerprint density at radius 2 is 1.60 bits per heavy atom. The zero-order chi connectivity index (χ0) is 31.7. The number of amides is 2. The van der Waals surface area contributed by atoms with Crippen LogP contribution in [0.25, 0.3) is 0 Å². The standard InChI is InChI=1S/C32H39Cl2N3O5S/c1-6-23(5)35-32(39)28(7-2)36(20-24-15-18-26(33)27(34)19-24)31(38)21-37(29-11-9-10-12-30(29)42-8-3)43(40,41)25-16-13-22(4)14-17-25/h9-19,23,28H,6-8,20-21H2,1-5H3,(H,35,39)/t23-,28-/m1/s1. The number of nitrogens with one attached hydrogen (secondary N) is 1.